The Morgan fingerprint density at radius 2 is 1.63 bits per heavy atom. The van der Waals surface area contributed by atoms with Gasteiger partial charge in [0.25, 0.3) is 17.6 Å². The fourth-order valence-electron chi connectivity index (χ4n) is 5.23. The molecule has 1 aromatic heterocycles. The minimum absolute atomic E-state index is 0.105. The first kappa shape index (κ1) is 30.4. The van der Waals surface area contributed by atoms with E-state index in [0.29, 0.717) is 33.4 Å². The van der Waals surface area contributed by atoms with Crippen LogP contribution in [0, 0.1) is 5.82 Å². The van der Waals surface area contributed by atoms with Gasteiger partial charge in [0.15, 0.2) is 0 Å². The van der Waals surface area contributed by atoms with E-state index in [4.69, 9.17) is 9.72 Å². The molecule has 0 saturated carbocycles. The summed E-state index contributed by atoms with van der Waals surface area (Å²) < 4.78 is 19.3. The number of nitrogens with zero attached hydrogens (tertiary/aromatic N) is 3. The predicted octanol–water partition coefficient (Wildman–Crippen LogP) is 5.90. The summed E-state index contributed by atoms with van der Waals surface area (Å²) in [6.07, 6.45) is 0. The lowest BCUT2D eigenvalue weighted by Crippen LogP contribution is -2.46. The second kappa shape index (κ2) is 13.1. The van der Waals surface area contributed by atoms with Crippen molar-refractivity contribution in [1.29, 1.82) is 0 Å². The Labute approximate surface area is 267 Å². The molecule has 0 fully saturated rings. The molecule has 5 aromatic rings. The van der Waals surface area contributed by atoms with Gasteiger partial charge < -0.3 is 15.0 Å². The lowest BCUT2D eigenvalue weighted by atomic mass is 10.0. The van der Waals surface area contributed by atoms with Crippen molar-refractivity contribution in [3.05, 3.63) is 130 Å². The van der Waals surface area contributed by atoms with Crippen LogP contribution in [-0.4, -0.2) is 47.0 Å². The van der Waals surface area contributed by atoms with E-state index >= 15 is 0 Å². The number of halogens is 1. The first-order chi connectivity index (χ1) is 22.3. The van der Waals surface area contributed by atoms with E-state index in [2.05, 4.69) is 5.32 Å². The molecule has 0 aliphatic carbocycles. The van der Waals surface area contributed by atoms with Crippen LogP contribution in [-0.2, 0) is 20.9 Å². The summed E-state index contributed by atoms with van der Waals surface area (Å²) in [7, 11) is 1.53. The largest absolute Gasteiger partial charge is 0.497 e. The molecular formula is C35H27FN4O5S. The van der Waals surface area contributed by atoms with Gasteiger partial charge in [0.05, 0.1) is 30.6 Å². The molecule has 9 nitrogen and oxygen atoms in total. The molecule has 46 heavy (non-hydrogen) atoms. The summed E-state index contributed by atoms with van der Waals surface area (Å²) in [6, 6.07) is 26.7. The predicted molar refractivity (Wildman–Crippen MR) is 172 cm³/mol. The number of hydrogen-bond acceptors (Lipinski definition) is 7. The van der Waals surface area contributed by atoms with Gasteiger partial charge in [0.2, 0.25) is 5.91 Å². The molecule has 0 saturated heterocycles. The number of carbonyl (C=O) groups is 4. The number of ketones is 1. The number of fused-ring (bicyclic) bond motifs is 1. The summed E-state index contributed by atoms with van der Waals surface area (Å²) in [5.41, 5.74) is 2.88. The summed E-state index contributed by atoms with van der Waals surface area (Å²) in [6.45, 7) is -0.613. The fraction of sp³-hybridized carbons (Fsp3) is 0.114. The van der Waals surface area contributed by atoms with Crippen molar-refractivity contribution in [2.45, 2.75) is 12.6 Å². The van der Waals surface area contributed by atoms with E-state index in [0.717, 1.165) is 10.5 Å². The zero-order valence-electron chi connectivity index (χ0n) is 24.6. The molecule has 1 atom stereocenters. The van der Waals surface area contributed by atoms with Gasteiger partial charge in [-0.2, -0.15) is 0 Å². The molecule has 0 spiro atoms. The molecular weight excluding hydrogens is 607 g/mol. The van der Waals surface area contributed by atoms with Crippen molar-refractivity contribution >= 4 is 46.2 Å². The SMILES string of the molecule is COc1ccc(NC(=O)[C@@H](c2ccc(F)cc2)N(Cc2nc(-c3ccccc3)cs2)C(=O)CN2C(=O)C(=O)c3ccccc32)cc1. The van der Waals surface area contributed by atoms with Crippen LogP contribution in [0.25, 0.3) is 11.3 Å². The third-order valence-electron chi connectivity index (χ3n) is 7.52. The average molecular weight is 635 g/mol. The number of Topliss-reactive ketones (excluding diaryl/α,β-unsaturated/α-hetero) is 1. The standard InChI is InChI=1S/C35H27FN4O5S/c1-45-26-17-15-25(16-18-26)37-34(43)32(23-11-13-24(36)14-12-23)40(19-30-38-28(21-46-30)22-7-3-2-4-8-22)31(41)20-39-29-10-6-5-9-27(29)33(42)35(39)44/h2-18,21,32H,19-20H2,1H3,(H,37,43)/t32-/m1/s1. The van der Waals surface area contributed by atoms with Gasteiger partial charge in [0, 0.05) is 16.6 Å². The highest BCUT2D eigenvalue weighted by Gasteiger charge is 2.39. The van der Waals surface area contributed by atoms with E-state index in [1.807, 2.05) is 35.7 Å². The van der Waals surface area contributed by atoms with E-state index in [1.165, 1.54) is 53.7 Å². The van der Waals surface area contributed by atoms with Crippen molar-refractivity contribution in [3.63, 3.8) is 0 Å². The Hall–Kier alpha value is -5.68. The van der Waals surface area contributed by atoms with Crippen LogP contribution in [0.3, 0.4) is 0 Å². The smallest absolute Gasteiger partial charge is 0.299 e. The maximum atomic E-state index is 14.3. The highest BCUT2D eigenvalue weighted by Crippen LogP contribution is 2.32. The zero-order chi connectivity index (χ0) is 32.2. The number of carbonyl (C=O) groups excluding carboxylic acids is 4. The lowest BCUT2D eigenvalue weighted by Gasteiger charge is -2.32. The number of anilines is 2. The number of rotatable bonds is 10. The number of hydrogen-bond donors (Lipinski definition) is 1. The minimum atomic E-state index is -1.26. The second-order valence-electron chi connectivity index (χ2n) is 10.4. The van der Waals surface area contributed by atoms with Crippen LogP contribution >= 0.6 is 11.3 Å². The number of nitrogens with one attached hydrogen (secondary N) is 1. The third kappa shape index (κ3) is 6.26. The number of thiazole rings is 1. The molecule has 230 valence electrons. The first-order valence-corrected chi connectivity index (χ1v) is 15.1. The Bertz CT molecular complexity index is 1910. The monoisotopic (exact) mass is 634 g/mol. The van der Waals surface area contributed by atoms with E-state index in [1.54, 1.807) is 42.5 Å². The van der Waals surface area contributed by atoms with Crippen LogP contribution in [0.5, 0.6) is 5.75 Å². The van der Waals surface area contributed by atoms with Crippen molar-refractivity contribution in [3.8, 4) is 17.0 Å². The summed E-state index contributed by atoms with van der Waals surface area (Å²) in [4.78, 5) is 61.2. The number of amides is 3. The highest BCUT2D eigenvalue weighted by molar-refractivity contribution is 7.09. The molecule has 0 bridgehead atoms. The molecule has 4 aromatic carbocycles. The molecule has 2 heterocycles. The molecule has 0 unspecified atom stereocenters. The van der Waals surface area contributed by atoms with Crippen LogP contribution < -0.4 is 15.0 Å². The number of aromatic nitrogens is 1. The number of ether oxygens (including phenoxy) is 1. The molecule has 1 aliphatic heterocycles. The van der Waals surface area contributed by atoms with Crippen LogP contribution in [0.4, 0.5) is 15.8 Å². The molecule has 1 aliphatic rings. The fourth-order valence-corrected chi connectivity index (χ4v) is 6.03. The van der Waals surface area contributed by atoms with E-state index in [9.17, 15) is 23.6 Å². The molecule has 0 radical (unpaired) electrons. The normalized spacial score (nSPS) is 12.9. The quantitative estimate of drug-likeness (QED) is 0.192. The topological polar surface area (TPSA) is 109 Å². The van der Waals surface area contributed by atoms with Gasteiger partial charge in [-0.1, -0.05) is 54.6 Å². The number of benzene rings is 4. The second-order valence-corrected chi connectivity index (χ2v) is 11.4. The van der Waals surface area contributed by atoms with Gasteiger partial charge >= 0.3 is 0 Å². The zero-order valence-corrected chi connectivity index (χ0v) is 25.4. The molecule has 6 rings (SSSR count). The lowest BCUT2D eigenvalue weighted by molar-refractivity contribution is -0.139. The summed E-state index contributed by atoms with van der Waals surface area (Å²) in [5.74, 6) is -2.66. The Balaban J connectivity index is 1.39. The Morgan fingerprint density at radius 3 is 2.35 bits per heavy atom. The Morgan fingerprint density at radius 1 is 0.935 bits per heavy atom. The highest BCUT2D eigenvalue weighted by atomic mass is 32.1. The maximum absolute atomic E-state index is 14.3. The van der Waals surface area contributed by atoms with Gasteiger partial charge in [-0.05, 0) is 54.1 Å². The first-order valence-electron chi connectivity index (χ1n) is 14.3. The van der Waals surface area contributed by atoms with Gasteiger partial charge in [0.1, 0.15) is 29.2 Å². The molecule has 11 heteroatoms. The third-order valence-corrected chi connectivity index (χ3v) is 8.36. The number of para-hydroxylation sites is 1. The van der Waals surface area contributed by atoms with Crippen LogP contribution in [0.1, 0.15) is 27.0 Å². The Kier molecular flexibility index (Phi) is 8.66. The van der Waals surface area contributed by atoms with Crippen LogP contribution in [0.2, 0.25) is 0 Å². The van der Waals surface area contributed by atoms with Crippen molar-refractivity contribution < 1.29 is 28.3 Å². The minimum Gasteiger partial charge on any atom is -0.497 e. The van der Waals surface area contributed by atoms with Crippen molar-refractivity contribution in [2.24, 2.45) is 0 Å². The van der Waals surface area contributed by atoms with Crippen LogP contribution in [0.15, 0.2) is 109 Å². The molecule has 3 amide bonds. The average Bonchev–Trinajstić information content (AvgIpc) is 3.65. The number of methoxy groups -OCH3 is 1. The van der Waals surface area contributed by atoms with Gasteiger partial charge in [-0.15, -0.1) is 11.3 Å². The van der Waals surface area contributed by atoms with Crippen molar-refractivity contribution in [1.82, 2.24) is 9.88 Å². The summed E-state index contributed by atoms with van der Waals surface area (Å²) >= 11 is 1.31. The van der Waals surface area contributed by atoms with Gasteiger partial charge in [-0.25, -0.2) is 9.37 Å². The van der Waals surface area contributed by atoms with E-state index in [-0.39, 0.29) is 12.1 Å². The summed E-state index contributed by atoms with van der Waals surface area (Å²) in [5, 5.41) is 5.24. The maximum Gasteiger partial charge on any atom is 0.299 e. The molecule has 1 N–H and O–H groups in total. The van der Waals surface area contributed by atoms with Crippen molar-refractivity contribution in [2.75, 3.05) is 23.9 Å². The van der Waals surface area contributed by atoms with Gasteiger partial charge in [-0.3, -0.25) is 24.1 Å². The van der Waals surface area contributed by atoms with E-state index < -0.39 is 41.9 Å².